The van der Waals surface area contributed by atoms with Gasteiger partial charge in [-0.05, 0) is 25.7 Å². The van der Waals surface area contributed by atoms with Gasteiger partial charge in [-0.15, -0.1) is 0 Å². The zero-order valence-corrected chi connectivity index (χ0v) is 13.4. The van der Waals surface area contributed by atoms with Crippen LogP contribution in [-0.2, 0) is 24.7 Å². The van der Waals surface area contributed by atoms with Gasteiger partial charge in [0.2, 0.25) is 10.0 Å². The Morgan fingerprint density at radius 3 is 2.10 bits per heavy atom. The molecule has 7 nitrogen and oxygen atoms in total. The summed E-state index contributed by atoms with van der Waals surface area (Å²) in [6.45, 7) is -0.531. The van der Waals surface area contributed by atoms with Crippen LogP contribution in [0.25, 0.3) is 0 Å². The number of sulfonamides is 1. The van der Waals surface area contributed by atoms with Gasteiger partial charge < -0.3 is 5.11 Å². The maximum Gasteiger partial charge on any atom is 0.318 e. The highest BCUT2D eigenvalue weighted by atomic mass is 32.2. The van der Waals surface area contributed by atoms with Crippen LogP contribution in [0.5, 0.6) is 0 Å². The summed E-state index contributed by atoms with van der Waals surface area (Å²) in [5.41, 5.74) is 0. The predicted molar refractivity (Wildman–Crippen MR) is 77.2 cm³/mol. The molecule has 1 heterocycles. The number of sulfone groups is 1. The van der Waals surface area contributed by atoms with Gasteiger partial charge in [0.25, 0.3) is 0 Å². The molecular formula is C12H21NO6S2. The van der Waals surface area contributed by atoms with Crippen LogP contribution < -0.4 is 0 Å². The van der Waals surface area contributed by atoms with Gasteiger partial charge in [0.1, 0.15) is 16.4 Å². The maximum absolute atomic E-state index is 12.7. The Balaban J connectivity index is 2.18. The van der Waals surface area contributed by atoms with Gasteiger partial charge >= 0.3 is 5.97 Å². The minimum Gasteiger partial charge on any atom is -0.480 e. The van der Waals surface area contributed by atoms with E-state index in [1.54, 1.807) is 0 Å². The standard InChI is InChI=1S/C12H21NO6S2/c14-12(15)9-13(10-3-1-2-4-10)21(18,19)11-5-7-20(16,17)8-6-11/h10-11H,1-9H2,(H,14,15). The minimum atomic E-state index is -3.76. The quantitative estimate of drug-likeness (QED) is 0.767. The van der Waals surface area contributed by atoms with Crippen molar-refractivity contribution in [3.8, 4) is 0 Å². The summed E-state index contributed by atoms with van der Waals surface area (Å²) in [7, 11) is -6.91. The normalized spacial score (nSPS) is 24.4. The van der Waals surface area contributed by atoms with Crippen molar-refractivity contribution in [2.45, 2.75) is 49.8 Å². The lowest BCUT2D eigenvalue weighted by Crippen LogP contribution is -2.48. The van der Waals surface area contributed by atoms with Gasteiger partial charge in [-0.2, -0.15) is 4.31 Å². The molecule has 0 spiro atoms. The highest BCUT2D eigenvalue weighted by Gasteiger charge is 2.41. The Morgan fingerprint density at radius 2 is 1.62 bits per heavy atom. The second kappa shape index (κ2) is 6.21. The molecule has 0 aromatic rings. The number of hydrogen-bond donors (Lipinski definition) is 1. The molecule has 0 amide bonds. The van der Waals surface area contributed by atoms with Crippen LogP contribution in [0.2, 0.25) is 0 Å². The Hall–Kier alpha value is -0.670. The summed E-state index contributed by atoms with van der Waals surface area (Å²) in [5, 5.41) is 8.21. The molecule has 1 N–H and O–H groups in total. The molecule has 9 heteroatoms. The van der Waals surface area contributed by atoms with Crippen LogP contribution in [0.1, 0.15) is 38.5 Å². The molecule has 1 saturated carbocycles. The number of hydrogen-bond acceptors (Lipinski definition) is 5. The van der Waals surface area contributed by atoms with Crippen LogP contribution in [-0.4, -0.2) is 61.6 Å². The zero-order valence-electron chi connectivity index (χ0n) is 11.8. The van der Waals surface area contributed by atoms with Crippen molar-refractivity contribution in [2.24, 2.45) is 0 Å². The molecule has 1 aliphatic heterocycles. The van der Waals surface area contributed by atoms with Crippen molar-refractivity contribution in [1.29, 1.82) is 0 Å². The van der Waals surface area contributed by atoms with Crippen molar-refractivity contribution in [2.75, 3.05) is 18.1 Å². The molecule has 0 aromatic heterocycles. The SMILES string of the molecule is O=C(O)CN(C1CCCC1)S(=O)(=O)C1CCS(=O)(=O)CC1. The van der Waals surface area contributed by atoms with Gasteiger partial charge in [0.05, 0.1) is 16.8 Å². The van der Waals surface area contributed by atoms with E-state index in [4.69, 9.17) is 5.11 Å². The third kappa shape index (κ3) is 3.95. The average Bonchev–Trinajstić information content (AvgIpc) is 2.88. The minimum absolute atomic E-state index is 0.0630. The predicted octanol–water partition coefficient (Wildman–Crippen LogP) is 0.223. The molecule has 21 heavy (non-hydrogen) atoms. The van der Waals surface area contributed by atoms with Crippen molar-refractivity contribution in [1.82, 2.24) is 4.31 Å². The Morgan fingerprint density at radius 1 is 1.10 bits per heavy atom. The summed E-state index contributed by atoms with van der Waals surface area (Å²) in [5.74, 6) is -1.45. The van der Waals surface area contributed by atoms with Crippen LogP contribution in [0.4, 0.5) is 0 Å². The van der Waals surface area contributed by atoms with E-state index in [2.05, 4.69) is 0 Å². The Bertz CT molecular complexity index is 577. The van der Waals surface area contributed by atoms with Crippen molar-refractivity contribution in [3.05, 3.63) is 0 Å². The molecule has 0 atom stereocenters. The molecule has 0 unspecified atom stereocenters. The molecule has 2 aliphatic rings. The van der Waals surface area contributed by atoms with E-state index in [-0.39, 0.29) is 30.4 Å². The Kier molecular flexibility index (Phi) is 4.94. The summed E-state index contributed by atoms with van der Waals surface area (Å²) in [6, 6.07) is -0.260. The molecule has 0 bridgehead atoms. The molecular weight excluding hydrogens is 318 g/mol. The van der Waals surface area contributed by atoms with E-state index in [1.807, 2.05) is 0 Å². The van der Waals surface area contributed by atoms with E-state index in [9.17, 15) is 21.6 Å². The van der Waals surface area contributed by atoms with E-state index >= 15 is 0 Å². The number of nitrogens with zero attached hydrogens (tertiary/aromatic N) is 1. The third-order valence-electron chi connectivity index (χ3n) is 4.27. The number of carboxylic acid groups (broad SMARTS) is 1. The van der Waals surface area contributed by atoms with Gasteiger partial charge in [-0.3, -0.25) is 4.79 Å². The van der Waals surface area contributed by atoms with E-state index in [1.165, 1.54) is 0 Å². The highest BCUT2D eigenvalue weighted by molar-refractivity contribution is 7.92. The van der Waals surface area contributed by atoms with E-state index < -0.39 is 37.6 Å². The van der Waals surface area contributed by atoms with Gasteiger partial charge in [-0.25, -0.2) is 16.8 Å². The zero-order chi connectivity index (χ0) is 15.7. The first-order valence-electron chi connectivity index (χ1n) is 7.15. The lowest BCUT2D eigenvalue weighted by atomic mass is 10.2. The summed E-state index contributed by atoms with van der Waals surface area (Å²) in [4.78, 5) is 11.0. The van der Waals surface area contributed by atoms with Gasteiger partial charge in [0.15, 0.2) is 0 Å². The second-order valence-corrected chi connectivity index (χ2v) is 10.2. The number of aliphatic carboxylic acids is 1. The van der Waals surface area contributed by atoms with E-state index in [0.717, 1.165) is 17.1 Å². The average molecular weight is 339 g/mol. The fourth-order valence-electron chi connectivity index (χ4n) is 3.11. The van der Waals surface area contributed by atoms with Crippen molar-refractivity contribution >= 4 is 25.8 Å². The Labute approximate surface area is 125 Å². The fourth-order valence-corrected chi connectivity index (χ4v) is 7.03. The smallest absolute Gasteiger partial charge is 0.318 e. The van der Waals surface area contributed by atoms with Crippen molar-refractivity contribution in [3.63, 3.8) is 0 Å². The molecule has 1 aliphatic carbocycles. The summed E-state index contributed by atoms with van der Waals surface area (Å²) >= 11 is 0. The van der Waals surface area contributed by atoms with Crippen LogP contribution in [0.3, 0.4) is 0 Å². The van der Waals surface area contributed by atoms with Crippen molar-refractivity contribution < 1.29 is 26.7 Å². The van der Waals surface area contributed by atoms with E-state index in [0.29, 0.717) is 12.8 Å². The molecule has 2 rings (SSSR count). The number of carboxylic acids is 1. The highest BCUT2D eigenvalue weighted by Crippen LogP contribution is 2.30. The second-order valence-electron chi connectivity index (χ2n) is 5.77. The largest absolute Gasteiger partial charge is 0.480 e. The first-order chi connectivity index (χ1) is 9.72. The maximum atomic E-state index is 12.7. The summed E-state index contributed by atoms with van der Waals surface area (Å²) < 4.78 is 49.3. The van der Waals surface area contributed by atoms with Gasteiger partial charge in [-0.1, -0.05) is 12.8 Å². The molecule has 0 aromatic carbocycles. The lowest BCUT2D eigenvalue weighted by molar-refractivity contribution is -0.137. The fraction of sp³-hybridized carbons (Fsp3) is 0.917. The molecule has 2 fully saturated rings. The number of rotatable bonds is 5. The molecule has 0 radical (unpaired) electrons. The number of carbonyl (C=O) groups is 1. The molecule has 122 valence electrons. The lowest BCUT2D eigenvalue weighted by Gasteiger charge is -2.32. The third-order valence-corrected chi connectivity index (χ3v) is 8.38. The monoisotopic (exact) mass is 339 g/mol. The molecule has 1 saturated heterocycles. The summed E-state index contributed by atoms with van der Waals surface area (Å²) in [6.07, 6.45) is 3.28. The first kappa shape index (κ1) is 16.7. The first-order valence-corrected chi connectivity index (χ1v) is 10.5. The van der Waals surface area contributed by atoms with Crippen LogP contribution in [0, 0.1) is 0 Å². The van der Waals surface area contributed by atoms with Gasteiger partial charge in [0, 0.05) is 6.04 Å². The topological polar surface area (TPSA) is 109 Å². The van der Waals surface area contributed by atoms with Crippen LogP contribution >= 0.6 is 0 Å². The van der Waals surface area contributed by atoms with Crippen LogP contribution in [0.15, 0.2) is 0 Å².